The van der Waals surface area contributed by atoms with E-state index in [4.69, 9.17) is 10.2 Å². The van der Waals surface area contributed by atoms with Crippen LogP contribution in [0.15, 0.2) is 0 Å². The maximum atomic E-state index is 9.91. The first kappa shape index (κ1) is 17.2. The summed E-state index contributed by atoms with van der Waals surface area (Å²) in [4.78, 5) is 0. The summed E-state index contributed by atoms with van der Waals surface area (Å²) in [7, 11) is 0. The van der Waals surface area contributed by atoms with E-state index in [1.807, 2.05) is 0 Å². The van der Waals surface area contributed by atoms with Crippen LogP contribution in [0.4, 0.5) is 26.3 Å². The molecular formula is C2H2F6FeO2. The van der Waals surface area contributed by atoms with Gasteiger partial charge < -0.3 is 10.2 Å². The molecule has 0 radical (unpaired) electrons. The van der Waals surface area contributed by atoms with Crippen molar-refractivity contribution in [2.24, 2.45) is 0 Å². The third-order valence-corrected chi connectivity index (χ3v) is 0. The minimum absolute atomic E-state index is 0. The molecule has 0 heterocycles. The Kier molecular flexibility index (Phi) is 8.82. The molecule has 0 aromatic rings. The first-order chi connectivity index (χ1) is 4.00. The van der Waals surface area contributed by atoms with Crippen molar-refractivity contribution in [2.45, 2.75) is 12.7 Å². The molecule has 0 fully saturated rings. The number of hydrogen-bond acceptors (Lipinski definition) is 2. The molecule has 0 atom stereocenters. The Labute approximate surface area is 67.3 Å². The van der Waals surface area contributed by atoms with E-state index in [2.05, 4.69) is 0 Å². The van der Waals surface area contributed by atoms with Crippen molar-refractivity contribution in [3.8, 4) is 0 Å². The summed E-state index contributed by atoms with van der Waals surface area (Å²) in [6.07, 6.45) is -10.0. The first-order valence-corrected chi connectivity index (χ1v) is 1.58. The molecule has 0 amide bonds. The van der Waals surface area contributed by atoms with Gasteiger partial charge in [-0.05, 0) is 0 Å². The molecule has 0 saturated carbocycles. The molecule has 0 spiro atoms. The molecule has 0 aromatic heterocycles. The third-order valence-electron chi connectivity index (χ3n) is 0. The van der Waals surface area contributed by atoms with E-state index in [1.165, 1.54) is 0 Å². The van der Waals surface area contributed by atoms with E-state index in [0.717, 1.165) is 0 Å². The topological polar surface area (TPSA) is 40.5 Å². The van der Waals surface area contributed by atoms with E-state index in [-0.39, 0.29) is 17.1 Å². The smallest absolute Gasteiger partial charge is 0.308 e. The summed E-state index contributed by atoms with van der Waals surface area (Å²) >= 11 is 0. The van der Waals surface area contributed by atoms with E-state index in [1.54, 1.807) is 0 Å². The molecule has 72 valence electrons. The number of rotatable bonds is 0. The van der Waals surface area contributed by atoms with Crippen LogP contribution in [0.2, 0.25) is 0 Å². The molecule has 2 N–H and O–H groups in total. The largest absolute Gasteiger partial charge is 0.519 e. The normalized spacial score (nSPS) is 10.9. The van der Waals surface area contributed by atoms with Crippen LogP contribution in [-0.2, 0) is 17.1 Å². The second-order valence-electron chi connectivity index (χ2n) is 0.936. The summed E-state index contributed by atoms with van der Waals surface area (Å²) in [6, 6.07) is 0. The fourth-order valence-corrected chi connectivity index (χ4v) is 0. The average Bonchev–Trinajstić information content (AvgIpc) is 1.12. The van der Waals surface area contributed by atoms with Crippen LogP contribution >= 0.6 is 0 Å². The minimum Gasteiger partial charge on any atom is -0.308 e. The Morgan fingerprint density at radius 1 is 0.636 bits per heavy atom. The second kappa shape index (κ2) is 5.64. The molecular weight excluding hydrogens is 226 g/mol. The van der Waals surface area contributed by atoms with Gasteiger partial charge >= 0.3 is 12.7 Å². The second-order valence-corrected chi connectivity index (χ2v) is 0.936. The van der Waals surface area contributed by atoms with Gasteiger partial charge in [0, 0.05) is 17.1 Å². The van der Waals surface area contributed by atoms with Gasteiger partial charge in [-0.25, -0.2) is 0 Å². The van der Waals surface area contributed by atoms with E-state index >= 15 is 0 Å². The van der Waals surface area contributed by atoms with Gasteiger partial charge in [-0.3, -0.25) is 0 Å². The number of halogens is 6. The fourth-order valence-electron chi connectivity index (χ4n) is 0. The van der Waals surface area contributed by atoms with Crippen LogP contribution in [0.5, 0.6) is 0 Å². The van der Waals surface area contributed by atoms with Crippen molar-refractivity contribution in [1.82, 2.24) is 0 Å². The summed E-state index contributed by atoms with van der Waals surface area (Å²) in [5, 5.41) is 13.0. The molecule has 2 nitrogen and oxygen atoms in total. The van der Waals surface area contributed by atoms with Crippen LogP contribution in [-0.4, -0.2) is 22.9 Å². The predicted octanol–water partition coefficient (Wildman–Crippen LogP) is 0.994. The zero-order valence-electron chi connectivity index (χ0n) is 4.52. The van der Waals surface area contributed by atoms with Gasteiger partial charge in [-0.2, -0.15) is 0 Å². The van der Waals surface area contributed by atoms with E-state index in [0.29, 0.717) is 0 Å². The predicted molar refractivity (Wildman–Crippen MR) is 16.5 cm³/mol. The van der Waals surface area contributed by atoms with Crippen molar-refractivity contribution >= 4 is 0 Å². The summed E-state index contributed by atoms with van der Waals surface area (Å²) < 4.78 is 59.5. The van der Waals surface area contributed by atoms with Crippen molar-refractivity contribution in [3.63, 3.8) is 0 Å². The van der Waals surface area contributed by atoms with Crippen molar-refractivity contribution in [3.05, 3.63) is 0 Å². The maximum absolute atomic E-state index is 9.91. The molecule has 0 unspecified atom stereocenters. The van der Waals surface area contributed by atoms with Gasteiger partial charge in [0.25, 0.3) is 0 Å². The number of alkyl halides is 6. The number of hydrogen-bond donors (Lipinski definition) is 2. The quantitative estimate of drug-likeness (QED) is 0.479. The molecule has 0 aliphatic heterocycles. The average molecular weight is 228 g/mol. The van der Waals surface area contributed by atoms with Gasteiger partial charge in [-0.1, -0.05) is 0 Å². The molecule has 9 heteroatoms. The van der Waals surface area contributed by atoms with Crippen LogP contribution in [0, 0.1) is 0 Å². The monoisotopic (exact) mass is 228 g/mol. The van der Waals surface area contributed by atoms with E-state index in [9.17, 15) is 26.3 Å². The SMILES string of the molecule is OC(F)(F)F.OC(F)(F)F.[Fe]. The standard InChI is InChI=1S/2CHF3O.Fe/c2*2-1(3,4)5;/h2*5H;. The molecule has 0 saturated heterocycles. The van der Waals surface area contributed by atoms with Crippen LogP contribution < -0.4 is 0 Å². The van der Waals surface area contributed by atoms with Crippen LogP contribution in [0.25, 0.3) is 0 Å². The van der Waals surface area contributed by atoms with Gasteiger partial charge in [0.05, 0.1) is 0 Å². The Morgan fingerprint density at radius 3 is 0.636 bits per heavy atom. The molecule has 0 rings (SSSR count). The Morgan fingerprint density at radius 2 is 0.636 bits per heavy atom. The Hall–Kier alpha value is 0.0195. The molecule has 11 heavy (non-hydrogen) atoms. The van der Waals surface area contributed by atoms with E-state index < -0.39 is 12.7 Å². The molecule has 0 aromatic carbocycles. The zero-order valence-corrected chi connectivity index (χ0v) is 5.62. The van der Waals surface area contributed by atoms with Gasteiger partial charge in [0.1, 0.15) is 0 Å². The molecule has 0 bridgehead atoms. The minimum atomic E-state index is -5.00. The summed E-state index contributed by atoms with van der Waals surface area (Å²) in [6.45, 7) is 0. The Balaban J connectivity index is -0.000000107. The van der Waals surface area contributed by atoms with Gasteiger partial charge in [0.2, 0.25) is 0 Å². The summed E-state index contributed by atoms with van der Waals surface area (Å²) in [5.74, 6) is 0. The Bertz CT molecular complexity index is 61.6. The molecule has 0 aliphatic carbocycles. The van der Waals surface area contributed by atoms with Crippen molar-refractivity contribution in [2.75, 3.05) is 0 Å². The maximum Gasteiger partial charge on any atom is 0.519 e. The third kappa shape index (κ3) is 1700000. The van der Waals surface area contributed by atoms with Gasteiger partial charge in [0.15, 0.2) is 0 Å². The van der Waals surface area contributed by atoms with Crippen molar-refractivity contribution < 1.29 is 53.6 Å². The molecule has 0 aliphatic rings. The summed E-state index contributed by atoms with van der Waals surface area (Å²) in [5.41, 5.74) is 0. The van der Waals surface area contributed by atoms with Crippen LogP contribution in [0.1, 0.15) is 0 Å². The van der Waals surface area contributed by atoms with Crippen LogP contribution in [0.3, 0.4) is 0 Å². The number of aliphatic hydroxyl groups is 2. The fraction of sp³-hybridized carbons (Fsp3) is 1.00. The van der Waals surface area contributed by atoms with Gasteiger partial charge in [-0.15, -0.1) is 26.3 Å². The first-order valence-electron chi connectivity index (χ1n) is 1.58. The zero-order chi connectivity index (χ0) is 9.00. The van der Waals surface area contributed by atoms with Crippen molar-refractivity contribution in [1.29, 1.82) is 0 Å².